The van der Waals surface area contributed by atoms with Gasteiger partial charge in [0.05, 0.1) is 0 Å². The number of carbonyl (C=O) groups excluding carboxylic acids is 1. The molecule has 2 heterocycles. The first-order valence-corrected chi connectivity index (χ1v) is 10.9. The number of anilines is 2. The second-order valence-electron chi connectivity index (χ2n) is 6.89. The number of benzene rings is 1. The van der Waals surface area contributed by atoms with Gasteiger partial charge in [-0.1, -0.05) is 17.7 Å². The molecular weight excluding hydrogens is 398 g/mol. The number of thioether (sulfide) groups is 1. The van der Waals surface area contributed by atoms with E-state index in [2.05, 4.69) is 25.6 Å². The summed E-state index contributed by atoms with van der Waals surface area (Å²) < 4.78 is 0. The number of pyridine rings is 1. The molecule has 0 spiro atoms. The van der Waals surface area contributed by atoms with E-state index in [1.165, 1.54) is 11.8 Å². The predicted molar refractivity (Wildman–Crippen MR) is 121 cm³/mol. The number of aromatic nitrogens is 3. The Morgan fingerprint density at radius 3 is 2.47 bits per heavy atom. The van der Waals surface area contributed by atoms with Gasteiger partial charge in [0.2, 0.25) is 0 Å². The number of hydrogen-bond donors (Lipinski definition) is 3. The molecule has 0 aliphatic heterocycles. The molecule has 2 aromatic heterocycles. The smallest absolute Gasteiger partial charge is 0.262 e. The number of nitrogens with zero attached hydrogens (tertiary/aromatic N) is 3. The molecule has 8 heteroatoms. The van der Waals surface area contributed by atoms with E-state index in [1.54, 1.807) is 12.4 Å². The van der Waals surface area contributed by atoms with Crippen LogP contribution in [0, 0.1) is 6.92 Å². The van der Waals surface area contributed by atoms with Crippen LogP contribution in [0.5, 0.6) is 0 Å². The van der Waals surface area contributed by atoms with Crippen LogP contribution in [-0.2, 0) is 0 Å². The molecule has 0 fully saturated rings. The van der Waals surface area contributed by atoms with Gasteiger partial charge in [0.15, 0.2) is 5.82 Å². The third-order valence-electron chi connectivity index (χ3n) is 4.49. The highest BCUT2D eigenvalue weighted by Gasteiger charge is 2.22. The van der Waals surface area contributed by atoms with Crippen molar-refractivity contribution >= 4 is 29.2 Å². The van der Waals surface area contributed by atoms with Gasteiger partial charge in [-0.15, -0.1) is 11.8 Å². The molecule has 1 unspecified atom stereocenters. The molecule has 3 N–H and O–H groups in total. The molecule has 30 heavy (non-hydrogen) atoms. The van der Waals surface area contributed by atoms with Crippen molar-refractivity contribution < 1.29 is 9.90 Å². The maximum absolute atomic E-state index is 13.2. The number of rotatable bonds is 8. The van der Waals surface area contributed by atoms with Crippen LogP contribution in [0.15, 0.2) is 53.8 Å². The molecule has 0 aliphatic carbocycles. The highest BCUT2D eigenvalue weighted by molar-refractivity contribution is 7.98. The zero-order chi connectivity index (χ0) is 21.5. The second kappa shape index (κ2) is 10.2. The van der Waals surface area contributed by atoms with Crippen molar-refractivity contribution in [3.8, 4) is 11.4 Å². The highest BCUT2D eigenvalue weighted by atomic mass is 32.2. The van der Waals surface area contributed by atoms with Crippen molar-refractivity contribution in [2.45, 2.75) is 31.3 Å². The van der Waals surface area contributed by atoms with Gasteiger partial charge in [0.25, 0.3) is 5.91 Å². The molecule has 1 amide bonds. The molecule has 0 aliphatic rings. The van der Waals surface area contributed by atoms with E-state index in [1.807, 2.05) is 56.5 Å². The first-order valence-electron chi connectivity index (χ1n) is 9.63. The Labute approximate surface area is 180 Å². The number of hydrogen-bond acceptors (Lipinski definition) is 7. The van der Waals surface area contributed by atoms with Gasteiger partial charge >= 0.3 is 0 Å². The third-order valence-corrected chi connectivity index (χ3v) is 5.17. The standard InChI is InChI=1S/C22H25N5O2S/c1-14-4-6-17(7-5-14)25-21(29)18-20(24-15(2)10-13-28)26-19(27-22(18)30-3)16-8-11-23-12-9-16/h4-9,11-12,15,28H,10,13H2,1-3H3,(H,25,29)(H,24,26,27). The molecule has 0 radical (unpaired) electrons. The topological polar surface area (TPSA) is 100 Å². The Morgan fingerprint density at radius 2 is 1.83 bits per heavy atom. The normalized spacial score (nSPS) is 11.7. The van der Waals surface area contributed by atoms with Crippen molar-refractivity contribution in [1.29, 1.82) is 0 Å². The number of carbonyl (C=O) groups is 1. The fraction of sp³-hybridized carbons (Fsp3) is 0.273. The maximum Gasteiger partial charge on any atom is 0.262 e. The molecule has 7 nitrogen and oxygen atoms in total. The van der Waals surface area contributed by atoms with Crippen LogP contribution in [0.3, 0.4) is 0 Å². The van der Waals surface area contributed by atoms with Gasteiger partial charge in [-0.3, -0.25) is 9.78 Å². The van der Waals surface area contributed by atoms with E-state index in [9.17, 15) is 9.90 Å². The SMILES string of the molecule is CSc1nc(-c2ccncc2)nc(NC(C)CCO)c1C(=O)Nc1ccc(C)cc1. The minimum absolute atomic E-state index is 0.0384. The van der Waals surface area contributed by atoms with E-state index < -0.39 is 0 Å². The lowest BCUT2D eigenvalue weighted by Crippen LogP contribution is -2.23. The summed E-state index contributed by atoms with van der Waals surface area (Å²) in [5.41, 5.74) is 3.00. The predicted octanol–water partition coefficient (Wildman–Crippen LogP) is 4.00. The van der Waals surface area contributed by atoms with Crippen LogP contribution in [0.1, 0.15) is 29.3 Å². The minimum Gasteiger partial charge on any atom is -0.396 e. The number of nitrogens with one attached hydrogen (secondary N) is 2. The van der Waals surface area contributed by atoms with Gasteiger partial charge in [0.1, 0.15) is 16.4 Å². The second-order valence-corrected chi connectivity index (χ2v) is 7.69. The summed E-state index contributed by atoms with van der Waals surface area (Å²) in [7, 11) is 0. The molecule has 1 atom stereocenters. The Hall–Kier alpha value is -2.97. The molecular formula is C22H25N5O2S. The van der Waals surface area contributed by atoms with E-state index in [-0.39, 0.29) is 18.6 Å². The van der Waals surface area contributed by atoms with Gasteiger partial charge in [0, 0.05) is 36.3 Å². The summed E-state index contributed by atoms with van der Waals surface area (Å²) in [6, 6.07) is 11.2. The number of aliphatic hydroxyl groups excluding tert-OH is 1. The molecule has 1 aromatic carbocycles. The monoisotopic (exact) mass is 423 g/mol. The Balaban J connectivity index is 2.04. The third kappa shape index (κ3) is 5.34. The summed E-state index contributed by atoms with van der Waals surface area (Å²) >= 11 is 1.38. The summed E-state index contributed by atoms with van der Waals surface area (Å²) in [5, 5.41) is 16.1. The number of aryl methyl sites for hydroxylation is 1. The summed E-state index contributed by atoms with van der Waals surface area (Å²) in [6.45, 7) is 3.97. The lowest BCUT2D eigenvalue weighted by Gasteiger charge is -2.19. The molecule has 0 saturated carbocycles. The Morgan fingerprint density at radius 1 is 1.13 bits per heavy atom. The molecule has 3 aromatic rings. The average Bonchev–Trinajstić information content (AvgIpc) is 2.75. The highest BCUT2D eigenvalue weighted by Crippen LogP contribution is 2.29. The van der Waals surface area contributed by atoms with Crippen molar-refractivity contribution in [2.75, 3.05) is 23.5 Å². The van der Waals surface area contributed by atoms with Crippen LogP contribution in [0.2, 0.25) is 0 Å². The first kappa shape index (κ1) is 21.7. The maximum atomic E-state index is 13.2. The lowest BCUT2D eigenvalue weighted by molar-refractivity contribution is 0.102. The van der Waals surface area contributed by atoms with E-state index >= 15 is 0 Å². The first-order chi connectivity index (χ1) is 14.5. The Kier molecular flexibility index (Phi) is 7.37. The van der Waals surface area contributed by atoms with Crippen LogP contribution >= 0.6 is 11.8 Å². The lowest BCUT2D eigenvalue weighted by atomic mass is 10.2. The van der Waals surface area contributed by atoms with Crippen molar-refractivity contribution in [3.63, 3.8) is 0 Å². The number of amides is 1. The van der Waals surface area contributed by atoms with E-state index in [0.717, 1.165) is 11.1 Å². The zero-order valence-electron chi connectivity index (χ0n) is 17.2. The number of aliphatic hydroxyl groups is 1. The van der Waals surface area contributed by atoms with Gasteiger partial charge in [-0.2, -0.15) is 0 Å². The average molecular weight is 424 g/mol. The van der Waals surface area contributed by atoms with Crippen LogP contribution in [0.25, 0.3) is 11.4 Å². The van der Waals surface area contributed by atoms with E-state index in [4.69, 9.17) is 0 Å². The van der Waals surface area contributed by atoms with Gasteiger partial charge in [-0.05, 0) is 50.8 Å². The van der Waals surface area contributed by atoms with Crippen LogP contribution in [-0.4, -0.2) is 44.9 Å². The molecule has 0 bridgehead atoms. The zero-order valence-corrected chi connectivity index (χ0v) is 18.0. The van der Waals surface area contributed by atoms with Crippen molar-refractivity contribution in [1.82, 2.24) is 15.0 Å². The molecule has 156 valence electrons. The van der Waals surface area contributed by atoms with Gasteiger partial charge in [-0.25, -0.2) is 9.97 Å². The molecule has 0 saturated heterocycles. The fourth-order valence-electron chi connectivity index (χ4n) is 2.86. The van der Waals surface area contributed by atoms with Crippen molar-refractivity contribution in [2.24, 2.45) is 0 Å². The van der Waals surface area contributed by atoms with Crippen LogP contribution in [0.4, 0.5) is 11.5 Å². The summed E-state index contributed by atoms with van der Waals surface area (Å²) in [6.07, 6.45) is 5.76. The fourth-order valence-corrected chi connectivity index (χ4v) is 3.43. The molecule has 3 rings (SSSR count). The van der Waals surface area contributed by atoms with Crippen molar-refractivity contribution in [3.05, 3.63) is 59.9 Å². The quantitative estimate of drug-likeness (QED) is 0.372. The minimum atomic E-state index is -0.289. The Bertz CT molecular complexity index is 996. The summed E-state index contributed by atoms with van der Waals surface area (Å²) in [4.78, 5) is 26.5. The van der Waals surface area contributed by atoms with E-state index in [0.29, 0.717) is 34.3 Å². The summed E-state index contributed by atoms with van der Waals surface area (Å²) in [5.74, 6) is 0.655. The van der Waals surface area contributed by atoms with Gasteiger partial charge < -0.3 is 15.7 Å². The van der Waals surface area contributed by atoms with Crippen LogP contribution < -0.4 is 10.6 Å². The largest absolute Gasteiger partial charge is 0.396 e.